The molecule has 0 fully saturated rings. The Hall–Kier alpha value is -10.1. The topological polar surface area (TPSA) is 180 Å². The average Bonchev–Trinajstić information content (AvgIpc) is 4.08. The van der Waals surface area contributed by atoms with Gasteiger partial charge in [0.25, 0.3) is 47.3 Å². The summed E-state index contributed by atoms with van der Waals surface area (Å²) in [4.78, 5) is 121. The van der Waals surface area contributed by atoms with Gasteiger partial charge in [-0.1, -0.05) is 36.4 Å². The fourth-order valence-corrected chi connectivity index (χ4v) is 14.0. The Bertz CT molecular complexity index is 5160. The number of hydrogen-bond donors (Lipinski definition) is 0. The summed E-state index contributed by atoms with van der Waals surface area (Å²) in [7, 11) is 5.76. The van der Waals surface area contributed by atoms with E-state index in [2.05, 4.69) is 4.85 Å². The molecular formula is C60H29N7O8S. The molecule has 0 radical (unpaired) electrons. The van der Waals surface area contributed by atoms with Gasteiger partial charge in [-0.25, -0.2) is 4.85 Å². The zero-order valence-electron chi connectivity index (χ0n) is 40.4. The van der Waals surface area contributed by atoms with Crippen molar-refractivity contribution in [1.82, 2.24) is 28.3 Å². The maximum atomic E-state index is 14.5. The van der Waals surface area contributed by atoms with Crippen LogP contribution in [0.4, 0.5) is 5.69 Å². The first-order valence-corrected chi connectivity index (χ1v) is 24.8. The van der Waals surface area contributed by atoms with Gasteiger partial charge in [-0.15, -0.1) is 0 Å². The van der Waals surface area contributed by atoms with E-state index in [9.17, 15) is 38.4 Å². The maximum absolute atomic E-state index is 14.5. The number of benzene rings is 11. The Morgan fingerprint density at radius 1 is 0.342 bits per heavy atom. The molecule has 15 nitrogen and oxygen atoms in total. The van der Waals surface area contributed by atoms with Gasteiger partial charge in [0, 0.05) is 105 Å². The number of carbonyl (C=O) groups excluding carboxylic acids is 8. The van der Waals surface area contributed by atoms with Crippen LogP contribution in [0, 0.1) is 13.5 Å². The summed E-state index contributed by atoms with van der Waals surface area (Å²) < 4.78 is 9.93. The third-order valence-corrected chi connectivity index (χ3v) is 17.3. The van der Waals surface area contributed by atoms with Crippen LogP contribution in [0.3, 0.4) is 0 Å². The van der Waals surface area contributed by atoms with Crippen molar-refractivity contribution < 1.29 is 38.4 Å². The van der Waals surface area contributed by atoms with E-state index in [1.165, 1.54) is 34.3 Å². The lowest BCUT2D eigenvalue weighted by Crippen LogP contribution is -2.37. The van der Waals surface area contributed by atoms with Crippen LogP contribution in [0.15, 0.2) is 84.9 Å². The van der Waals surface area contributed by atoms with Gasteiger partial charge in [0.2, 0.25) is 0 Å². The number of fused-ring (bicyclic) bond motifs is 5. The van der Waals surface area contributed by atoms with E-state index < -0.39 is 47.3 Å². The Morgan fingerprint density at radius 3 is 1.04 bits per heavy atom. The highest BCUT2D eigenvalue weighted by Gasteiger charge is 2.40. The quantitative estimate of drug-likeness (QED) is 0.0700. The third-order valence-electron chi connectivity index (χ3n) is 16.8. The molecule has 0 aliphatic carbocycles. The van der Waals surface area contributed by atoms with Gasteiger partial charge in [-0.05, 0) is 137 Å². The predicted molar refractivity (Wildman–Crippen MR) is 287 cm³/mol. The molecule has 5 heterocycles. The summed E-state index contributed by atoms with van der Waals surface area (Å²) >= 11 is 0.960. The molecule has 0 saturated carbocycles. The second-order valence-corrected chi connectivity index (χ2v) is 20.7. The summed E-state index contributed by atoms with van der Waals surface area (Å²) in [6.07, 6.45) is 0. The van der Waals surface area contributed by atoms with Crippen LogP contribution in [0.25, 0.3) is 124 Å². The summed E-state index contributed by atoms with van der Waals surface area (Å²) in [5, 5.41) is 9.28. The molecule has 11 aromatic carbocycles. The van der Waals surface area contributed by atoms with Gasteiger partial charge in [0.05, 0.1) is 18.3 Å². The summed E-state index contributed by atoms with van der Waals surface area (Å²) in [6, 6.07) is 24.7. The van der Waals surface area contributed by atoms with Gasteiger partial charge in [0.15, 0.2) is 5.69 Å². The van der Waals surface area contributed by atoms with E-state index in [0.29, 0.717) is 137 Å². The monoisotopic (exact) mass is 1010 g/mol. The van der Waals surface area contributed by atoms with Crippen LogP contribution in [-0.4, -0.2) is 104 Å². The van der Waals surface area contributed by atoms with Crippen molar-refractivity contribution in [3.8, 4) is 22.3 Å². The Morgan fingerprint density at radius 2 is 0.645 bits per heavy atom. The van der Waals surface area contributed by atoms with Crippen LogP contribution in [0.2, 0.25) is 0 Å². The minimum absolute atomic E-state index is 0.164. The third kappa shape index (κ3) is 4.58. The minimum atomic E-state index is -0.550. The van der Waals surface area contributed by atoms with Crippen LogP contribution < -0.4 is 0 Å². The van der Waals surface area contributed by atoms with Crippen molar-refractivity contribution >= 4 is 162 Å². The number of aromatic nitrogens is 2. The van der Waals surface area contributed by atoms with Crippen molar-refractivity contribution in [3.63, 3.8) is 0 Å². The van der Waals surface area contributed by atoms with Crippen LogP contribution in [-0.2, 0) is 0 Å². The van der Waals surface area contributed by atoms with Crippen molar-refractivity contribution in [1.29, 1.82) is 0 Å². The molecule has 76 heavy (non-hydrogen) atoms. The highest BCUT2D eigenvalue weighted by atomic mass is 32.1. The highest BCUT2D eigenvalue weighted by molar-refractivity contribution is 7.00. The molecule has 8 amide bonds. The minimum Gasteiger partial charge on any atom is -0.278 e. The van der Waals surface area contributed by atoms with Gasteiger partial charge in [-0.2, -0.15) is 8.75 Å². The molecule has 0 atom stereocenters. The fraction of sp³-hybridized carbons (Fsp3) is 0.0833. The number of imide groups is 4. The van der Waals surface area contributed by atoms with E-state index >= 15 is 0 Å². The number of aryl methyl sites for hydroxylation is 1. The largest absolute Gasteiger partial charge is 0.278 e. The zero-order chi connectivity index (χ0) is 52.1. The van der Waals surface area contributed by atoms with Gasteiger partial charge in [-0.3, -0.25) is 58.0 Å². The van der Waals surface area contributed by atoms with E-state index in [1.807, 2.05) is 31.2 Å². The summed E-state index contributed by atoms with van der Waals surface area (Å²) in [6.45, 7) is 10.3. The average molecular weight is 1010 g/mol. The molecule has 16 heteroatoms. The van der Waals surface area contributed by atoms with Crippen LogP contribution in [0.1, 0.15) is 88.4 Å². The number of amides is 8. The molecule has 0 saturated heterocycles. The van der Waals surface area contributed by atoms with Crippen molar-refractivity contribution in [2.75, 3.05) is 28.2 Å². The second-order valence-electron chi connectivity index (χ2n) is 20.2. The van der Waals surface area contributed by atoms with E-state index in [-0.39, 0.29) is 22.4 Å². The van der Waals surface area contributed by atoms with Crippen molar-refractivity contribution in [3.05, 3.63) is 146 Å². The molecule has 16 rings (SSSR count). The molecule has 0 bridgehead atoms. The zero-order valence-corrected chi connectivity index (χ0v) is 41.2. The van der Waals surface area contributed by atoms with Gasteiger partial charge >= 0.3 is 0 Å². The van der Waals surface area contributed by atoms with Crippen molar-refractivity contribution in [2.45, 2.75) is 6.92 Å². The fourth-order valence-electron chi connectivity index (χ4n) is 13.4. The predicted octanol–water partition coefficient (Wildman–Crippen LogP) is 10.9. The Balaban J connectivity index is 1.07. The summed E-state index contributed by atoms with van der Waals surface area (Å²) in [5.41, 5.74) is 6.45. The smallest absolute Gasteiger partial charge is 0.261 e. The second kappa shape index (κ2) is 13.5. The molecule has 358 valence electrons. The maximum Gasteiger partial charge on any atom is 0.261 e. The normalized spacial score (nSPS) is 15.5. The highest BCUT2D eigenvalue weighted by Crippen LogP contribution is 2.55. The first-order valence-electron chi connectivity index (χ1n) is 24.1. The van der Waals surface area contributed by atoms with E-state index in [0.717, 1.165) is 47.7 Å². The Labute approximate surface area is 430 Å². The lowest BCUT2D eigenvalue weighted by Gasteiger charge is -2.30. The first-order chi connectivity index (χ1) is 36.6. The molecule has 4 aliphatic rings. The van der Waals surface area contributed by atoms with E-state index in [4.69, 9.17) is 15.3 Å². The molecule has 12 aromatic rings. The van der Waals surface area contributed by atoms with Gasteiger partial charge < -0.3 is 0 Å². The van der Waals surface area contributed by atoms with Crippen LogP contribution in [0.5, 0.6) is 0 Å². The number of hydrogen-bond acceptors (Lipinski definition) is 11. The van der Waals surface area contributed by atoms with Crippen LogP contribution >= 0.6 is 11.7 Å². The van der Waals surface area contributed by atoms with Crippen molar-refractivity contribution in [2.24, 2.45) is 0 Å². The Kier molecular flexibility index (Phi) is 7.55. The molecule has 1 aromatic heterocycles. The standard InChI is InChI=1S/C60H29N7O8S/c1-21-17-34-42-28(53(68)64(3)57(34)72)14-10-25-40-32(18-35-43-29(54(69)65(4)58(35)73)13-9-24(48(40)43)39(21)47(25)42)22-7-8-23(52-51(22)62-76-63-52)33-19-36-44-30(55(70)66(5)59(36)74)16-12-27-46-38(61-2)20-37-45-31(56(71)67(6)60(37)75)15-11-26(50(45)46)41(33)49(27)44/h7-20H,1,3-6H3. The molecule has 0 N–H and O–H groups in total. The molecule has 0 unspecified atom stereocenters. The lowest BCUT2D eigenvalue weighted by molar-refractivity contribution is 0.0635. The SMILES string of the molecule is [C-]#[N+]c1cc2c3c(ccc4c5c(-c6ccc(-c7cc8c9c(ccc%10c%11c(C)cc%12c%13c(ccc(c7c9%10)c%13%11)C(=O)N(C)C%12=O)C(=O)N(C)C8=O)c7nsnc67)cc6c7c(ccc(c1c34)c75)C(=O)N(C)C6=O)C(=O)N(C)C2=O. The molecular weight excluding hydrogens is 979 g/mol. The lowest BCUT2D eigenvalue weighted by atomic mass is 9.78. The first kappa shape index (κ1) is 42.4. The van der Waals surface area contributed by atoms with Gasteiger partial charge in [0.1, 0.15) is 11.0 Å². The number of nitrogens with zero attached hydrogens (tertiary/aromatic N) is 7. The number of rotatable bonds is 2. The van der Waals surface area contributed by atoms with E-state index in [1.54, 1.807) is 54.6 Å². The number of carbonyl (C=O) groups is 8. The summed E-state index contributed by atoms with van der Waals surface area (Å²) in [5.74, 6) is -3.89. The molecule has 4 aliphatic heterocycles. The molecule has 0 spiro atoms.